The van der Waals surface area contributed by atoms with Crippen LogP contribution in [0.25, 0.3) is 11.0 Å². The second-order valence-electron chi connectivity index (χ2n) is 7.54. The van der Waals surface area contributed by atoms with Gasteiger partial charge in [-0.25, -0.2) is 14.6 Å². The maximum absolute atomic E-state index is 13.2. The van der Waals surface area contributed by atoms with Crippen LogP contribution in [0.3, 0.4) is 0 Å². The highest BCUT2D eigenvalue weighted by molar-refractivity contribution is 6.02. The summed E-state index contributed by atoms with van der Waals surface area (Å²) in [6.45, 7) is -0.551. The molecular formula is C22H22N4O6. The van der Waals surface area contributed by atoms with Gasteiger partial charge >= 0.3 is 11.7 Å². The standard InChI is InChI=1S/C22H22N4O6/c1-25-19-18(13(21(29)32-3)10-15(24-19)12-8-9-12)20(28)26(22(25)30)11-17(27)23-14-6-4-5-7-16(14)31-2/h4-7,10,12H,8-9,11H2,1-3H3,(H,23,27). The van der Waals surface area contributed by atoms with Crippen molar-refractivity contribution in [1.82, 2.24) is 14.1 Å². The van der Waals surface area contributed by atoms with Crippen molar-refractivity contribution in [3.63, 3.8) is 0 Å². The van der Waals surface area contributed by atoms with E-state index in [1.807, 2.05) is 0 Å². The maximum Gasteiger partial charge on any atom is 0.338 e. The smallest absolute Gasteiger partial charge is 0.338 e. The Morgan fingerprint density at radius 1 is 1.19 bits per heavy atom. The number of aryl methyl sites for hydroxylation is 1. The number of fused-ring (bicyclic) bond motifs is 1. The fourth-order valence-electron chi connectivity index (χ4n) is 3.58. The Balaban J connectivity index is 1.81. The van der Waals surface area contributed by atoms with Crippen LogP contribution in [0.4, 0.5) is 5.69 Å². The van der Waals surface area contributed by atoms with Crippen LogP contribution in [0.5, 0.6) is 5.75 Å². The lowest BCUT2D eigenvalue weighted by atomic mass is 10.1. The molecule has 2 aromatic heterocycles. The molecule has 1 aliphatic carbocycles. The second-order valence-corrected chi connectivity index (χ2v) is 7.54. The highest BCUT2D eigenvalue weighted by Crippen LogP contribution is 2.39. The monoisotopic (exact) mass is 438 g/mol. The van der Waals surface area contributed by atoms with Gasteiger partial charge in [-0.1, -0.05) is 12.1 Å². The van der Waals surface area contributed by atoms with Crippen LogP contribution in [0, 0.1) is 0 Å². The average Bonchev–Trinajstić information content (AvgIpc) is 3.65. The second kappa shape index (κ2) is 8.29. The number of methoxy groups -OCH3 is 2. The molecule has 4 rings (SSSR count). The highest BCUT2D eigenvalue weighted by atomic mass is 16.5. The van der Waals surface area contributed by atoms with Crippen molar-refractivity contribution in [3.05, 3.63) is 62.4 Å². The number of anilines is 1. The molecule has 0 bridgehead atoms. The third-order valence-corrected chi connectivity index (χ3v) is 5.40. The van der Waals surface area contributed by atoms with E-state index in [1.54, 1.807) is 24.3 Å². The fraction of sp³-hybridized carbons (Fsp3) is 0.318. The molecule has 3 aromatic rings. The number of amides is 1. The average molecular weight is 438 g/mol. The minimum atomic E-state index is -0.784. The fourth-order valence-corrected chi connectivity index (χ4v) is 3.58. The molecule has 1 saturated carbocycles. The van der Waals surface area contributed by atoms with Gasteiger partial charge in [-0.2, -0.15) is 0 Å². The van der Waals surface area contributed by atoms with E-state index in [9.17, 15) is 19.2 Å². The number of ether oxygens (including phenoxy) is 2. The summed E-state index contributed by atoms with van der Waals surface area (Å²) in [4.78, 5) is 55.7. The molecule has 2 heterocycles. The van der Waals surface area contributed by atoms with Crippen LogP contribution in [-0.2, 0) is 23.1 Å². The Morgan fingerprint density at radius 3 is 2.56 bits per heavy atom. The SMILES string of the molecule is COC(=O)c1cc(C2CC2)nc2c1c(=O)n(CC(=O)Nc1ccccc1OC)c(=O)n2C. The van der Waals surface area contributed by atoms with Crippen molar-refractivity contribution >= 4 is 28.6 Å². The van der Waals surface area contributed by atoms with Gasteiger partial charge in [-0.3, -0.25) is 18.7 Å². The van der Waals surface area contributed by atoms with Crippen LogP contribution >= 0.6 is 0 Å². The molecule has 10 heteroatoms. The normalized spacial score (nSPS) is 13.1. The summed E-state index contributed by atoms with van der Waals surface area (Å²) in [6.07, 6.45) is 1.85. The number of hydrogen-bond donors (Lipinski definition) is 1. The Labute approximate surface area is 182 Å². The number of rotatable bonds is 6. The Morgan fingerprint density at radius 2 is 1.91 bits per heavy atom. The number of esters is 1. The van der Waals surface area contributed by atoms with Crippen LogP contribution in [0.1, 0.15) is 34.8 Å². The van der Waals surface area contributed by atoms with E-state index in [1.165, 1.54) is 31.9 Å². The van der Waals surface area contributed by atoms with E-state index in [0.29, 0.717) is 17.1 Å². The molecule has 32 heavy (non-hydrogen) atoms. The van der Waals surface area contributed by atoms with Crippen LogP contribution in [0.2, 0.25) is 0 Å². The first-order valence-electron chi connectivity index (χ1n) is 10.0. The Hall–Kier alpha value is -3.95. The van der Waals surface area contributed by atoms with Crippen molar-refractivity contribution in [1.29, 1.82) is 0 Å². The predicted molar refractivity (Wildman–Crippen MR) is 116 cm³/mol. The number of carbonyl (C=O) groups excluding carboxylic acids is 2. The van der Waals surface area contributed by atoms with E-state index < -0.39 is 29.7 Å². The van der Waals surface area contributed by atoms with Gasteiger partial charge in [-0.15, -0.1) is 0 Å². The zero-order valence-electron chi connectivity index (χ0n) is 17.9. The van der Waals surface area contributed by atoms with Crippen LogP contribution in [-0.4, -0.2) is 40.2 Å². The molecule has 0 aliphatic heterocycles. The third kappa shape index (κ3) is 3.75. The summed E-state index contributed by atoms with van der Waals surface area (Å²) in [7, 11) is 4.13. The van der Waals surface area contributed by atoms with Crippen molar-refractivity contribution in [2.24, 2.45) is 7.05 Å². The van der Waals surface area contributed by atoms with Crippen LogP contribution < -0.4 is 21.3 Å². The van der Waals surface area contributed by atoms with Crippen molar-refractivity contribution in [2.75, 3.05) is 19.5 Å². The number of benzene rings is 1. The molecule has 1 N–H and O–H groups in total. The minimum Gasteiger partial charge on any atom is -0.495 e. The lowest BCUT2D eigenvalue weighted by molar-refractivity contribution is -0.116. The molecule has 0 radical (unpaired) electrons. The number of hydrogen-bond acceptors (Lipinski definition) is 7. The summed E-state index contributed by atoms with van der Waals surface area (Å²) in [5.41, 5.74) is -0.344. The molecule has 0 atom stereocenters. The lowest BCUT2D eigenvalue weighted by Crippen LogP contribution is -2.42. The zero-order chi connectivity index (χ0) is 23.0. The van der Waals surface area contributed by atoms with Crippen molar-refractivity contribution < 1.29 is 19.1 Å². The number of aromatic nitrogens is 3. The summed E-state index contributed by atoms with van der Waals surface area (Å²) in [5, 5.41) is 2.57. The Kier molecular flexibility index (Phi) is 5.52. The first-order valence-corrected chi connectivity index (χ1v) is 10.0. The van der Waals surface area contributed by atoms with Gasteiger partial charge in [-0.05, 0) is 31.0 Å². The quantitative estimate of drug-likeness (QED) is 0.578. The van der Waals surface area contributed by atoms with Gasteiger partial charge < -0.3 is 14.8 Å². The van der Waals surface area contributed by atoms with Gasteiger partial charge in [0.2, 0.25) is 5.91 Å². The molecule has 10 nitrogen and oxygen atoms in total. The predicted octanol–water partition coefficient (Wildman–Crippen LogP) is 1.41. The molecule has 0 saturated heterocycles. The molecule has 0 spiro atoms. The van der Waals surface area contributed by atoms with Gasteiger partial charge in [0.25, 0.3) is 5.56 Å². The number of nitrogens with zero attached hydrogens (tertiary/aromatic N) is 3. The summed E-state index contributed by atoms with van der Waals surface area (Å²) in [5.74, 6) is -0.688. The third-order valence-electron chi connectivity index (χ3n) is 5.40. The van der Waals surface area contributed by atoms with E-state index >= 15 is 0 Å². The molecule has 1 aliphatic rings. The first kappa shape index (κ1) is 21.3. The molecule has 166 valence electrons. The molecule has 1 fully saturated rings. The summed E-state index contributed by atoms with van der Waals surface area (Å²) < 4.78 is 12.0. The van der Waals surface area contributed by atoms with E-state index in [2.05, 4.69) is 10.3 Å². The van der Waals surface area contributed by atoms with Gasteiger partial charge in [0.1, 0.15) is 17.9 Å². The van der Waals surface area contributed by atoms with Gasteiger partial charge in [0.15, 0.2) is 0 Å². The maximum atomic E-state index is 13.2. The van der Waals surface area contributed by atoms with Crippen molar-refractivity contribution in [2.45, 2.75) is 25.3 Å². The van der Waals surface area contributed by atoms with Crippen molar-refractivity contribution in [3.8, 4) is 5.75 Å². The Bertz CT molecular complexity index is 1350. The highest BCUT2D eigenvalue weighted by Gasteiger charge is 2.29. The summed E-state index contributed by atoms with van der Waals surface area (Å²) >= 11 is 0. The molecule has 1 aromatic carbocycles. The van der Waals surface area contributed by atoms with E-state index in [0.717, 1.165) is 17.4 Å². The minimum absolute atomic E-state index is 0.0267. The molecule has 0 unspecified atom stereocenters. The number of para-hydroxylation sites is 2. The first-order chi connectivity index (χ1) is 15.3. The van der Waals surface area contributed by atoms with Crippen LogP contribution in [0.15, 0.2) is 39.9 Å². The number of nitrogens with one attached hydrogen (secondary N) is 1. The largest absolute Gasteiger partial charge is 0.495 e. The van der Waals surface area contributed by atoms with Gasteiger partial charge in [0.05, 0.1) is 30.9 Å². The summed E-state index contributed by atoms with van der Waals surface area (Å²) in [6, 6.07) is 8.30. The lowest BCUT2D eigenvalue weighted by Gasteiger charge is -2.14. The van der Waals surface area contributed by atoms with Gasteiger partial charge in [0, 0.05) is 18.7 Å². The number of pyridine rings is 1. The molecule has 1 amide bonds. The zero-order valence-corrected chi connectivity index (χ0v) is 17.9. The number of carbonyl (C=O) groups is 2. The van der Waals surface area contributed by atoms with E-state index in [4.69, 9.17) is 9.47 Å². The van der Waals surface area contributed by atoms with E-state index in [-0.39, 0.29) is 22.5 Å². The molecular weight excluding hydrogens is 416 g/mol. The topological polar surface area (TPSA) is 122 Å².